The van der Waals surface area contributed by atoms with E-state index >= 15 is 0 Å². The Kier molecular flexibility index (Phi) is 9.39. The maximum atomic E-state index is 2.75. The molecule has 1 heteroatoms. The second-order valence-electron chi connectivity index (χ2n) is 17.9. The third kappa shape index (κ3) is 6.46. The highest BCUT2D eigenvalue weighted by Gasteiger charge is 2.37. The second kappa shape index (κ2) is 16.2. The molecule has 2 aliphatic rings. The molecule has 11 aromatic carbocycles. The van der Waals surface area contributed by atoms with Crippen molar-refractivity contribution in [3.8, 4) is 77.9 Å². The molecule has 0 bridgehead atoms. The van der Waals surface area contributed by atoms with Crippen molar-refractivity contribution in [2.24, 2.45) is 0 Å². The van der Waals surface area contributed by atoms with Crippen molar-refractivity contribution in [3.63, 3.8) is 0 Å². The van der Waals surface area contributed by atoms with Gasteiger partial charge in [0.1, 0.15) is 0 Å². The lowest BCUT2D eigenvalue weighted by atomic mass is 9.84. The molecule has 0 saturated heterocycles. The van der Waals surface area contributed by atoms with Gasteiger partial charge in [-0.3, -0.25) is 0 Å². The molecule has 0 atom stereocenters. The summed E-state index contributed by atoms with van der Waals surface area (Å²) in [6, 6.07) is 92.4. The van der Waals surface area contributed by atoms with E-state index in [0.717, 1.165) is 18.5 Å². The van der Waals surface area contributed by atoms with Gasteiger partial charge >= 0.3 is 0 Å². The van der Waals surface area contributed by atoms with Crippen molar-refractivity contribution < 1.29 is 0 Å². The Morgan fingerprint density at radius 3 is 1.18 bits per heavy atom. The highest BCUT2D eigenvalue weighted by Crippen LogP contribution is 2.60. The maximum absolute atomic E-state index is 2.75. The Bertz CT molecular complexity index is 3480. The molecule has 0 N–H and O–H groups in total. The third-order valence-corrected chi connectivity index (χ3v) is 14.1. The van der Waals surface area contributed by atoms with Crippen LogP contribution >= 0.6 is 0 Å². The molecule has 1 nitrogen and oxygen atoms in total. The summed E-state index contributed by atoms with van der Waals surface area (Å²) >= 11 is 0. The van der Waals surface area contributed by atoms with Crippen molar-refractivity contribution in [2.45, 2.75) is 12.8 Å². The van der Waals surface area contributed by atoms with Crippen molar-refractivity contribution in [3.05, 3.63) is 271 Å². The van der Waals surface area contributed by atoms with E-state index in [9.17, 15) is 0 Å². The smallest absolute Gasteiger partial charge is 0.0588 e. The van der Waals surface area contributed by atoms with Gasteiger partial charge in [-0.2, -0.15) is 0 Å². The number of anilines is 3. The summed E-state index contributed by atoms with van der Waals surface area (Å²) in [4.78, 5) is 2.75. The van der Waals surface area contributed by atoms with Crippen LogP contribution in [0, 0.1) is 0 Å². The minimum Gasteiger partial charge on any atom is -0.308 e. The summed E-state index contributed by atoms with van der Waals surface area (Å²) in [5.74, 6) is 0. The number of hydrogen-bond acceptors (Lipinski definition) is 1. The van der Waals surface area contributed by atoms with E-state index in [1.807, 2.05) is 0 Å². The molecule has 2 aliphatic carbocycles. The topological polar surface area (TPSA) is 3.24 Å². The molecule has 11 aromatic rings. The van der Waals surface area contributed by atoms with Gasteiger partial charge in [0.25, 0.3) is 0 Å². The largest absolute Gasteiger partial charge is 0.308 e. The molecule has 13 rings (SSSR count). The van der Waals surface area contributed by atoms with Crippen LogP contribution in [0.2, 0.25) is 0 Å². The molecular formula is C66H45N. The summed E-state index contributed by atoms with van der Waals surface area (Å²) in [6.45, 7) is 0. The lowest BCUT2D eigenvalue weighted by Gasteiger charge is -2.37. The van der Waals surface area contributed by atoms with Gasteiger partial charge in [-0.1, -0.05) is 231 Å². The van der Waals surface area contributed by atoms with E-state index in [4.69, 9.17) is 0 Å². The number of para-hydroxylation sites is 1. The Morgan fingerprint density at radius 1 is 0.269 bits per heavy atom. The van der Waals surface area contributed by atoms with Gasteiger partial charge in [0.05, 0.1) is 17.1 Å². The molecule has 0 amide bonds. The van der Waals surface area contributed by atoms with Gasteiger partial charge in [0.2, 0.25) is 0 Å². The van der Waals surface area contributed by atoms with Gasteiger partial charge in [0.15, 0.2) is 0 Å². The third-order valence-electron chi connectivity index (χ3n) is 14.1. The first-order valence-electron chi connectivity index (χ1n) is 23.4. The molecule has 0 spiro atoms. The van der Waals surface area contributed by atoms with Crippen LogP contribution in [0.3, 0.4) is 0 Å². The van der Waals surface area contributed by atoms with E-state index < -0.39 is 0 Å². The Labute approximate surface area is 392 Å². The van der Waals surface area contributed by atoms with E-state index in [1.54, 1.807) is 0 Å². The van der Waals surface area contributed by atoms with Gasteiger partial charge in [-0.15, -0.1) is 0 Å². The van der Waals surface area contributed by atoms with Crippen molar-refractivity contribution in [2.75, 3.05) is 4.90 Å². The monoisotopic (exact) mass is 851 g/mol. The van der Waals surface area contributed by atoms with E-state index in [1.165, 1.54) is 122 Å². The predicted octanol–water partition coefficient (Wildman–Crippen LogP) is 17.8. The second-order valence-corrected chi connectivity index (χ2v) is 17.9. The standard InChI is InChI=1S/C66H45N/c1-5-22-45(23-6-1)56-42-58-52-35-17-14-31-49(52)40-60(58)65(63(56)47-27-9-3-10-28-47)67(62-39-20-19-37-55(62)54-38-21-33-44-26-13-16-34-51(44)54)66-61-41-50-32-15-18-36-53(50)59(61)43-57(46-24-7-2-8-25-46)64(66)48-29-11-4-12-30-48/h1-39,42-43H,40-41H2. The summed E-state index contributed by atoms with van der Waals surface area (Å²) in [7, 11) is 0. The fourth-order valence-electron chi connectivity index (χ4n) is 11.2. The first kappa shape index (κ1) is 38.9. The molecule has 314 valence electrons. The fraction of sp³-hybridized carbons (Fsp3) is 0.0303. The number of benzene rings is 11. The van der Waals surface area contributed by atoms with Crippen molar-refractivity contribution >= 4 is 27.8 Å². The van der Waals surface area contributed by atoms with Crippen LogP contribution in [-0.2, 0) is 12.8 Å². The number of nitrogens with zero attached hydrogens (tertiary/aromatic N) is 1. The van der Waals surface area contributed by atoms with E-state index in [-0.39, 0.29) is 0 Å². The molecule has 0 heterocycles. The normalized spacial score (nSPS) is 12.1. The average molecular weight is 852 g/mol. The van der Waals surface area contributed by atoms with Crippen LogP contribution in [0.5, 0.6) is 0 Å². The summed E-state index contributed by atoms with van der Waals surface area (Å²) in [5.41, 5.74) is 26.1. The van der Waals surface area contributed by atoms with Crippen LogP contribution in [0.25, 0.3) is 88.7 Å². The number of rotatable bonds is 8. The molecule has 0 aliphatic heterocycles. The highest BCUT2D eigenvalue weighted by atomic mass is 15.2. The van der Waals surface area contributed by atoms with Crippen molar-refractivity contribution in [1.29, 1.82) is 0 Å². The zero-order chi connectivity index (χ0) is 44.3. The predicted molar refractivity (Wildman–Crippen MR) is 282 cm³/mol. The van der Waals surface area contributed by atoms with Crippen molar-refractivity contribution in [1.82, 2.24) is 0 Å². The Hall–Kier alpha value is -8.52. The maximum Gasteiger partial charge on any atom is 0.0588 e. The van der Waals surface area contributed by atoms with Crippen LogP contribution < -0.4 is 4.90 Å². The zero-order valence-corrected chi connectivity index (χ0v) is 37.0. The average Bonchev–Trinajstić information content (AvgIpc) is 3.98. The first-order chi connectivity index (χ1) is 33.3. The molecular weight excluding hydrogens is 807 g/mol. The fourth-order valence-corrected chi connectivity index (χ4v) is 11.2. The molecule has 0 unspecified atom stereocenters. The quantitative estimate of drug-likeness (QED) is 0.147. The minimum absolute atomic E-state index is 0.810. The zero-order valence-electron chi connectivity index (χ0n) is 37.0. The van der Waals surface area contributed by atoms with Crippen LogP contribution in [0.4, 0.5) is 17.1 Å². The lowest BCUT2D eigenvalue weighted by Crippen LogP contribution is -2.18. The summed E-state index contributed by atoms with van der Waals surface area (Å²) in [5, 5.41) is 2.46. The Balaban J connectivity index is 1.27. The summed E-state index contributed by atoms with van der Waals surface area (Å²) in [6.07, 6.45) is 1.62. The van der Waals surface area contributed by atoms with Crippen LogP contribution in [-0.4, -0.2) is 0 Å². The van der Waals surface area contributed by atoms with Gasteiger partial charge < -0.3 is 4.90 Å². The Morgan fingerprint density at radius 2 is 0.657 bits per heavy atom. The SMILES string of the molecule is c1ccc(-c2cc3c(c(N(c4ccccc4-c4cccc5ccccc45)c4c5c(cc(-c6ccccc6)c4-c4ccccc4)-c4ccccc4C5)c2-c2ccccc2)Cc2ccccc2-3)cc1. The number of fused-ring (bicyclic) bond motifs is 7. The first-order valence-corrected chi connectivity index (χ1v) is 23.4. The summed E-state index contributed by atoms with van der Waals surface area (Å²) < 4.78 is 0. The molecule has 0 saturated carbocycles. The highest BCUT2D eigenvalue weighted by molar-refractivity contribution is 6.11. The number of hydrogen-bond donors (Lipinski definition) is 0. The minimum atomic E-state index is 0.810. The van der Waals surface area contributed by atoms with Gasteiger partial charge in [-0.05, 0) is 112 Å². The van der Waals surface area contributed by atoms with E-state index in [2.05, 4.69) is 254 Å². The lowest BCUT2D eigenvalue weighted by molar-refractivity contribution is 1.17. The molecule has 0 radical (unpaired) electrons. The molecule has 0 fully saturated rings. The molecule has 0 aromatic heterocycles. The van der Waals surface area contributed by atoms with Crippen LogP contribution in [0.15, 0.2) is 249 Å². The molecule has 67 heavy (non-hydrogen) atoms. The van der Waals surface area contributed by atoms with E-state index in [0.29, 0.717) is 0 Å². The van der Waals surface area contributed by atoms with Gasteiger partial charge in [-0.25, -0.2) is 0 Å². The van der Waals surface area contributed by atoms with Crippen LogP contribution in [0.1, 0.15) is 22.3 Å². The van der Waals surface area contributed by atoms with Gasteiger partial charge in [0, 0.05) is 29.5 Å².